The van der Waals surface area contributed by atoms with Crippen LogP contribution in [-0.2, 0) is 0 Å². The van der Waals surface area contributed by atoms with Crippen LogP contribution in [0.25, 0.3) is 0 Å². The monoisotopic (exact) mass is 136 g/mol. The summed E-state index contributed by atoms with van der Waals surface area (Å²) >= 11 is 0. The fourth-order valence-corrected chi connectivity index (χ4v) is 1.58. The van der Waals surface area contributed by atoms with E-state index in [0.29, 0.717) is 0 Å². The van der Waals surface area contributed by atoms with E-state index in [1.165, 1.54) is 36.8 Å². The first-order valence-corrected chi connectivity index (χ1v) is 4.12. The van der Waals surface area contributed by atoms with Gasteiger partial charge in [-0.15, -0.1) is 0 Å². The van der Waals surface area contributed by atoms with Gasteiger partial charge in [-0.25, -0.2) is 0 Å². The van der Waals surface area contributed by atoms with Crippen LogP contribution in [0.4, 0.5) is 0 Å². The fraction of sp³-hybridized carbons (Fsp3) is 0.600. The molecule has 0 fully saturated rings. The van der Waals surface area contributed by atoms with Gasteiger partial charge in [0, 0.05) is 0 Å². The standard InChI is InChI=1S/C10H16/c1-4-10-7-5-6-8(2)9(10)3/h2,4-7H2,1,3H3. The molecule has 0 heteroatoms. The quantitative estimate of drug-likeness (QED) is 0.518. The van der Waals surface area contributed by atoms with Crippen LogP contribution in [0.15, 0.2) is 23.3 Å². The summed E-state index contributed by atoms with van der Waals surface area (Å²) in [5.74, 6) is 0. The van der Waals surface area contributed by atoms with Crippen LogP contribution in [0, 0.1) is 0 Å². The Morgan fingerprint density at radius 3 is 2.60 bits per heavy atom. The van der Waals surface area contributed by atoms with Gasteiger partial charge in [0.1, 0.15) is 0 Å². The molecule has 0 aromatic rings. The molecule has 0 aromatic carbocycles. The third kappa shape index (κ3) is 1.31. The highest BCUT2D eigenvalue weighted by atomic mass is 14.1. The highest BCUT2D eigenvalue weighted by molar-refractivity contribution is 5.33. The van der Waals surface area contributed by atoms with Crippen molar-refractivity contribution in [3.05, 3.63) is 23.3 Å². The summed E-state index contributed by atoms with van der Waals surface area (Å²) in [5, 5.41) is 0. The molecule has 0 radical (unpaired) electrons. The largest absolute Gasteiger partial charge is 0.0956 e. The second-order valence-electron chi connectivity index (χ2n) is 3.04. The van der Waals surface area contributed by atoms with E-state index in [9.17, 15) is 0 Å². The van der Waals surface area contributed by atoms with E-state index < -0.39 is 0 Å². The lowest BCUT2D eigenvalue weighted by molar-refractivity contribution is 0.739. The molecule has 0 saturated carbocycles. The van der Waals surface area contributed by atoms with Crippen LogP contribution in [0.5, 0.6) is 0 Å². The van der Waals surface area contributed by atoms with Gasteiger partial charge in [-0.2, -0.15) is 0 Å². The fourth-order valence-electron chi connectivity index (χ4n) is 1.58. The van der Waals surface area contributed by atoms with E-state index in [0.717, 1.165) is 0 Å². The number of hydrogen-bond donors (Lipinski definition) is 0. The molecule has 0 N–H and O–H groups in total. The third-order valence-electron chi connectivity index (χ3n) is 2.44. The first-order chi connectivity index (χ1) is 4.75. The lowest BCUT2D eigenvalue weighted by Crippen LogP contribution is -1.98. The molecule has 1 aliphatic rings. The summed E-state index contributed by atoms with van der Waals surface area (Å²) < 4.78 is 0. The van der Waals surface area contributed by atoms with Crippen LogP contribution in [0.1, 0.15) is 39.5 Å². The van der Waals surface area contributed by atoms with Gasteiger partial charge in [0.2, 0.25) is 0 Å². The zero-order valence-electron chi connectivity index (χ0n) is 7.04. The van der Waals surface area contributed by atoms with E-state index >= 15 is 0 Å². The molecule has 1 aliphatic carbocycles. The SMILES string of the molecule is C=C1CCCC(CC)=C1C. The highest BCUT2D eigenvalue weighted by Crippen LogP contribution is 2.29. The van der Waals surface area contributed by atoms with Crippen LogP contribution in [0.3, 0.4) is 0 Å². The van der Waals surface area contributed by atoms with Crippen LogP contribution in [-0.4, -0.2) is 0 Å². The van der Waals surface area contributed by atoms with Gasteiger partial charge in [-0.05, 0) is 38.2 Å². The van der Waals surface area contributed by atoms with Gasteiger partial charge in [0.15, 0.2) is 0 Å². The van der Waals surface area contributed by atoms with Crippen molar-refractivity contribution < 1.29 is 0 Å². The maximum absolute atomic E-state index is 4.04. The maximum Gasteiger partial charge on any atom is -0.0279 e. The van der Waals surface area contributed by atoms with Crippen molar-refractivity contribution in [3.8, 4) is 0 Å². The molecule has 0 spiro atoms. The third-order valence-corrected chi connectivity index (χ3v) is 2.44. The van der Waals surface area contributed by atoms with Gasteiger partial charge in [-0.1, -0.05) is 24.6 Å². The van der Waals surface area contributed by atoms with Crippen LogP contribution in [0.2, 0.25) is 0 Å². The minimum absolute atomic E-state index is 1.21. The first kappa shape index (κ1) is 7.59. The summed E-state index contributed by atoms with van der Waals surface area (Å²) in [6.45, 7) is 8.48. The molecule has 0 bridgehead atoms. The maximum atomic E-state index is 4.04. The molecular weight excluding hydrogens is 120 g/mol. The number of hydrogen-bond acceptors (Lipinski definition) is 0. The molecule has 56 valence electrons. The predicted molar refractivity (Wildman–Crippen MR) is 46.0 cm³/mol. The molecular formula is C10H16. The Kier molecular flexibility index (Phi) is 2.31. The van der Waals surface area contributed by atoms with Gasteiger partial charge in [0.05, 0.1) is 0 Å². The van der Waals surface area contributed by atoms with E-state index in [4.69, 9.17) is 0 Å². The lowest BCUT2D eigenvalue weighted by atomic mass is 9.88. The average Bonchev–Trinajstić information content (AvgIpc) is 1.95. The summed E-state index contributed by atoms with van der Waals surface area (Å²) in [4.78, 5) is 0. The highest BCUT2D eigenvalue weighted by Gasteiger charge is 2.09. The second kappa shape index (κ2) is 3.05. The number of rotatable bonds is 1. The van der Waals surface area contributed by atoms with Crippen molar-refractivity contribution in [2.45, 2.75) is 39.5 Å². The summed E-state index contributed by atoms with van der Waals surface area (Å²) in [6.07, 6.45) is 5.06. The Labute approximate surface area is 63.6 Å². The first-order valence-electron chi connectivity index (χ1n) is 4.12. The van der Waals surface area contributed by atoms with E-state index in [1.807, 2.05) is 0 Å². The van der Waals surface area contributed by atoms with Crippen LogP contribution < -0.4 is 0 Å². The second-order valence-corrected chi connectivity index (χ2v) is 3.04. The van der Waals surface area contributed by atoms with Gasteiger partial charge in [0.25, 0.3) is 0 Å². The minimum atomic E-state index is 1.21. The van der Waals surface area contributed by atoms with Crippen molar-refractivity contribution in [1.29, 1.82) is 0 Å². The smallest absolute Gasteiger partial charge is 0.0279 e. The molecule has 1 rings (SSSR count). The van der Waals surface area contributed by atoms with Crippen molar-refractivity contribution >= 4 is 0 Å². The zero-order valence-corrected chi connectivity index (χ0v) is 7.04. The Hall–Kier alpha value is -0.520. The van der Waals surface area contributed by atoms with Crippen molar-refractivity contribution in [2.24, 2.45) is 0 Å². The van der Waals surface area contributed by atoms with Gasteiger partial charge < -0.3 is 0 Å². The Morgan fingerprint density at radius 2 is 2.10 bits per heavy atom. The summed E-state index contributed by atoms with van der Waals surface area (Å²) in [6, 6.07) is 0. The average molecular weight is 136 g/mol. The van der Waals surface area contributed by atoms with Crippen molar-refractivity contribution in [1.82, 2.24) is 0 Å². The molecule has 0 heterocycles. The zero-order chi connectivity index (χ0) is 7.56. The Bertz CT molecular complexity index is 172. The van der Waals surface area contributed by atoms with Gasteiger partial charge in [-0.3, -0.25) is 0 Å². The molecule has 10 heavy (non-hydrogen) atoms. The Balaban J connectivity index is 2.82. The summed E-state index contributed by atoms with van der Waals surface area (Å²) in [7, 11) is 0. The molecule has 0 nitrogen and oxygen atoms in total. The van der Waals surface area contributed by atoms with E-state index in [1.54, 1.807) is 5.57 Å². The molecule has 0 aromatic heterocycles. The van der Waals surface area contributed by atoms with Crippen molar-refractivity contribution in [3.63, 3.8) is 0 Å². The normalized spacial score (nSPS) is 20.0. The minimum Gasteiger partial charge on any atom is -0.0956 e. The summed E-state index contributed by atoms with van der Waals surface area (Å²) in [5.41, 5.74) is 4.47. The van der Waals surface area contributed by atoms with Crippen LogP contribution >= 0.6 is 0 Å². The van der Waals surface area contributed by atoms with Crippen molar-refractivity contribution in [2.75, 3.05) is 0 Å². The van der Waals surface area contributed by atoms with E-state index in [-0.39, 0.29) is 0 Å². The predicted octanol–water partition coefficient (Wildman–Crippen LogP) is 3.45. The molecule has 0 atom stereocenters. The van der Waals surface area contributed by atoms with Gasteiger partial charge >= 0.3 is 0 Å². The molecule has 0 unspecified atom stereocenters. The Morgan fingerprint density at radius 1 is 1.40 bits per heavy atom. The lowest BCUT2D eigenvalue weighted by Gasteiger charge is -2.18. The molecule has 0 aliphatic heterocycles. The number of allylic oxidation sites excluding steroid dienone is 3. The molecule has 0 amide bonds. The molecule has 0 saturated heterocycles. The van der Waals surface area contributed by atoms with E-state index in [2.05, 4.69) is 20.4 Å². The topological polar surface area (TPSA) is 0 Å².